The Labute approximate surface area is 109 Å². The van der Waals surface area contributed by atoms with Crippen molar-refractivity contribution < 1.29 is 9.90 Å². The normalized spacial score (nSPS) is 27.3. The van der Waals surface area contributed by atoms with Crippen LogP contribution >= 0.6 is 0 Å². The van der Waals surface area contributed by atoms with Gasteiger partial charge in [0.1, 0.15) is 0 Å². The number of nitrogens with zero attached hydrogens (tertiary/aromatic N) is 6. The SMILES string of the molecule is O=C(O)C1CCCC(n2ccnn2)C1n1ccnn1. The lowest BCUT2D eigenvalue weighted by atomic mass is 9.81. The molecule has 1 N–H and O–H groups in total. The molecule has 1 aliphatic rings. The molecule has 1 fully saturated rings. The zero-order valence-electron chi connectivity index (χ0n) is 10.2. The molecule has 0 amide bonds. The Morgan fingerprint density at radius 2 is 1.79 bits per heavy atom. The summed E-state index contributed by atoms with van der Waals surface area (Å²) in [4.78, 5) is 11.5. The fourth-order valence-electron chi connectivity index (χ4n) is 2.85. The Morgan fingerprint density at radius 1 is 1.11 bits per heavy atom. The van der Waals surface area contributed by atoms with Crippen LogP contribution in [0.25, 0.3) is 0 Å². The number of carbonyl (C=O) groups is 1. The number of hydrogen-bond donors (Lipinski definition) is 1. The molecule has 1 aliphatic carbocycles. The minimum absolute atomic E-state index is 0.0564. The van der Waals surface area contributed by atoms with E-state index in [2.05, 4.69) is 20.6 Å². The van der Waals surface area contributed by atoms with Crippen LogP contribution in [0.15, 0.2) is 24.8 Å². The smallest absolute Gasteiger partial charge is 0.308 e. The van der Waals surface area contributed by atoms with Crippen LogP contribution in [-0.4, -0.2) is 41.1 Å². The Kier molecular flexibility index (Phi) is 2.98. The summed E-state index contributed by atoms with van der Waals surface area (Å²) in [5.74, 6) is -1.28. The summed E-state index contributed by atoms with van der Waals surface area (Å²) in [6.45, 7) is 0. The van der Waals surface area contributed by atoms with Gasteiger partial charge in [-0.2, -0.15) is 0 Å². The summed E-state index contributed by atoms with van der Waals surface area (Å²) in [6.07, 6.45) is 8.98. The number of rotatable bonds is 3. The molecular weight excluding hydrogens is 248 g/mol. The second kappa shape index (κ2) is 4.79. The van der Waals surface area contributed by atoms with Crippen LogP contribution in [-0.2, 0) is 4.79 Å². The monoisotopic (exact) mass is 262 g/mol. The van der Waals surface area contributed by atoms with E-state index < -0.39 is 11.9 Å². The first-order valence-electron chi connectivity index (χ1n) is 6.22. The van der Waals surface area contributed by atoms with Crippen molar-refractivity contribution in [1.29, 1.82) is 0 Å². The lowest BCUT2D eigenvalue weighted by Crippen LogP contribution is -2.37. The molecule has 2 aromatic rings. The van der Waals surface area contributed by atoms with Gasteiger partial charge in [-0.3, -0.25) is 4.79 Å². The average Bonchev–Trinajstić information content (AvgIpc) is 3.11. The third-order valence-corrected chi connectivity index (χ3v) is 3.67. The minimum atomic E-state index is -0.801. The molecule has 0 radical (unpaired) electrons. The van der Waals surface area contributed by atoms with E-state index in [1.807, 2.05) is 0 Å². The molecule has 2 heterocycles. The highest BCUT2D eigenvalue weighted by atomic mass is 16.4. The highest BCUT2D eigenvalue weighted by Crippen LogP contribution is 2.40. The number of carboxylic acids is 1. The molecule has 0 aromatic carbocycles. The van der Waals surface area contributed by atoms with Crippen LogP contribution in [0.5, 0.6) is 0 Å². The molecule has 100 valence electrons. The number of aliphatic carboxylic acids is 1. The van der Waals surface area contributed by atoms with Gasteiger partial charge in [0.05, 0.1) is 30.4 Å². The minimum Gasteiger partial charge on any atom is -0.481 e. The van der Waals surface area contributed by atoms with E-state index in [-0.39, 0.29) is 12.1 Å². The third kappa shape index (κ3) is 2.09. The average molecular weight is 262 g/mol. The van der Waals surface area contributed by atoms with E-state index in [4.69, 9.17) is 0 Å². The van der Waals surface area contributed by atoms with Crippen LogP contribution in [0.1, 0.15) is 31.3 Å². The predicted molar refractivity (Wildman–Crippen MR) is 63.1 cm³/mol. The van der Waals surface area contributed by atoms with Crippen LogP contribution in [0.2, 0.25) is 0 Å². The summed E-state index contributed by atoms with van der Waals surface area (Å²) in [5.41, 5.74) is 0. The van der Waals surface area contributed by atoms with E-state index in [0.717, 1.165) is 12.8 Å². The summed E-state index contributed by atoms with van der Waals surface area (Å²) < 4.78 is 3.35. The van der Waals surface area contributed by atoms with E-state index >= 15 is 0 Å². The summed E-state index contributed by atoms with van der Waals surface area (Å²) in [6, 6.07) is -0.338. The van der Waals surface area contributed by atoms with Crippen molar-refractivity contribution in [1.82, 2.24) is 30.0 Å². The van der Waals surface area contributed by atoms with Gasteiger partial charge in [-0.05, 0) is 12.8 Å². The van der Waals surface area contributed by atoms with Crippen LogP contribution < -0.4 is 0 Å². The number of aromatic nitrogens is 6. The van der Waals surface area contributed by atoms with Crippen molar-refractivity contribution in [3.8, 4) is 0 Å². The van der Waals surface area contributed by atoms with E-state index in [9.17, 15) is 9.90 Å². The molecule has 8 nitrogen and oxygen atoms in total. The fourth-order valence-corrected chi connectivity index (χ4v) is 2.85. The van der Waals surface area contributed by atoms with Crippen LogP contribution in [0.4, 0.5) is 0 Å². The maximum absolute atomic E-state index is 11.5. The first kappa shape index (κ1) is 11.8. The molecule has 3 rings (SSSR count). The highest BCUT2D eigenvalue weighted by molar-refractivity contribution is 5.70. The van der Waals surface area contributed by atoms with Crippen molar-refractivity contribution in [2.45, 2.75) is 31.3 Å². The first-order valence-corrected chi connectivity index (χ1v) is 6.22. The zero-order chi connectivity index (χ0) is 13.2. The van der Waals surface area contributed by atoms with E-state index in [1.54, 1.807) is 34.2 Å². The van der Waals surface area contributed by atoms with Crippen molar-refractivity contribution in [3.05, 3.63) is 24.8 Å². The highest BCUT2D eigenvalue weighted by Gasteiger charge is 2.40. The lowest BCUT2D eigenvalue weighted by molar-refractivity contribution is -0.145. The van der Waals surface area contributed by atoms with Crippen molar-refractivity contribution >= 4 is 5.97 Å². The van der Waals surface area contributed by atoms with Gasteiger partial charge in [0.15, 0.2) is 0 Å². The van der Waals surface area contributed by atoms with E-state index in [0.29, 0.717) is 6.42 Å². The van der Waals surface area contributed by atoms with Gasteiger partial charge in [0, 0.05) is 12.4 Å². The Bertz CT molecular complexity index is 538. The first-order chi connectivity index (χ1) is 9.27. The number of hydrogen-bond acceptors (Lipinski definition) is 5. The Balaban J connectivity index is 1.99. The second-order valence-electron chi connectivity index (χ2n) is 4.70. The van der Waals surface area contributed by atoms with Crippen LogP contribution in [0, 0.1) is 5.92 Å². The van der Waals surface area contributed by atoms with Crippen molar-refractivity contribution in [2.75, 3.05) is 0 Å². The molecule has 0 bridgehead atoms. The zero-order valence-corrected chi connectivity index (χ0v) is 10.2. The Hall–Kier alpha value is -2.25. The van der Waals surface area contributed by atoms with Gasteiger partial charge in [-0.15, -0.1) is 10.2 Å². The molecule has 0 saturated heterocycles. The molecular formula is C11H14N6O2. The van der Waals surface area contributed by atoms with Crippen molar-refractivity contribution in [2.24, 2.45) is 5.92 Å². The fraction of sp³-hybridized carbons (Fsp3) is 0.545. The molecule has 1 saturated carbocycles. The molecule has 3 atom stereocenters. The third-order valence-electron chi connectivity index (χ3n) is 3.67. The molecule has 3 unspecified atom stereocenters. The quantitative estimate of drug-likeness (QED) is 0.866. The summed E-state index contributed by atoms with van der Waals surface area (Å²) in [5, 5.41) is 25.0. The summed E-state index contributed by atoms with van der Waals surface area (Å²) >= 11 is 0. The molecule has 0 aliphatic heterocycles. The van der Waals surface area contributed by atoms with Crippen molar-refractivity contribution in [3.63, 3.8) is 0 Å². The largest absolute Gasteiger partial charge is 0.481 e. The topological polar surface area (TPSA) is 98.7 Å². The maximum Gasteiger partial charge on any atom is 0.308 e. The van der Waals surface area contributed by atoms with Gasteiger partial charge in [-0.25, -0.2) is 9.36 Å². The Morgan fingerprint density at radius 3 is 2.37 bits per heavy atom. The molecule has 8 heteroatoms. The van der Waals surface area contributed by atoms with E-state index in [1.165, 1.54) is 0 Å². The number of carboxylic acid groups (broad SMARTS) is 1. The van der Waals surface area contributed by atoms with Gasteiger partial charge in [0.25, 0.3) is 0 Å². The van der Waals surface area contributed by atoms with Crippen LogP contribution in [0.3, 0.4) is 0 Å². The van der Waals surface area contributed by atoms with Gasteiger partial charge >= 0.3 is 5.97 Å². The lowest BCUT2D eigenvalue weighted by Gasteiger charge is -2.35. The molecule has 19 heavy (non-hydrogen) atoms. The standard InChI is InChI=1S/C11H14N6O2/c18-11(19)8-2-1-3-9(16-6-4-12-14-16)10(8)17-7-5-13-15-17/h4-10H,1-3H2,(H,18,19). The van der Waals surface area contributed by atoms with Gasteiger partial charge < -0.3 is 5.11 Å². The molecule has 2 aromatic heterocycles. The molecule has 0 spiro atoms. The maximum atomic E-state index is 11.5. The van der Waals surface area contributed by atoms with Gasteiger partial charge in [-0.1, -0.05) is 16.8 Å². The summed E-state index contributed by atoms with van der Waals surface area (Å²) in [7, 11) is 0. The second-order valence-corrected chi connectivity index (χ2v) is 4.70. The van der Waals surface area contributed by atoms with Gasteiger partial charge in [0.2, 0.25) is 0 Å². The predicted octanol–water partition coefficient (Wildman–Crippen LogP) is 0.537.